The van der Waals surface area contributed by atoms with Gasteiger partial charge in [0, 0.05) is 12.3 Å². The summed E-state index contributed by atoms with van der Waals surface area (Å²) in [6, 6.07) is 4.04. The molecule has 1 atom stereocenters. The summed E-state index contributed by atoms with van der Waals surface area (Å²) in [7, 11) is 0. The minimum atomic E-state index is 0.113. The molecule has 4 nitrogen and oxygen atoms in total. The van der Waals surface area contributed by atoms with Gasteiger partial charge in [-0.25, -0.2) is 4.98 Å². The molecule has 2 aromatic heterocycles. The molecule has 0 bridgehead atoms. The molecule has 2 aromatic rings. The Morgan fingerprint density at radius 3 is 2.78 bits per heavy atom. The molecule has 0 radical (unpaired) electrons. The number of hydrogen-bond donors (Lipinski definition) is 1. The predicted octanol–water partition coefficient (Wildman–Crippen LogP) is 3.50. The molecule has 5 heteroatoms. The van der Waals surface area contributed by atoms with Gasteiger partial charge in [0.1, 0.15) is 0 Å². The van der Waals surface area contributed by atoms with E-state index in [4.69, 9.17) is 4.74 Å². The third-order valence-corrected chi connectivity index (χ3v) is 3.08. The number of hydrogen-bond acceptors (Lipinski definition) is 5. The quantitative estimate of drug-likeness (QED) is 0.897. The number of nitrogens with zero attached hydrogens (tertiary/aromatic N) is 2. The molecule has 1 unspecified atom stereocenters. The molecule has 0 spiro atoms. The fraction of sp³-hybridized carbons (Fsp3) is 0.385. The smallest absolute Gasteiger partial charge is 0.226 e. The zero-order valence-electron chi connectivity index (χ0n) is 10.8. The molecule has 0 saturated heterocycles. The first kappa shape index (κ1) is 12.8. The molecule has 18 heavy (non-hydrogen) atoms. The van der Waals surface area contributed by atoms with Gasteiger partial charge in [0.2, 0.25) is 11.8 Å². The van der Waals surface area contributed by atoms with E-state index in [9.17, 15) is 0 Å². The number of rotatable bonds is 5. The number of aromatic nitrogens is 2. The first-order chi connectivity index (χ1) is 8.65. The van der Waals surface area contributed by atoms with E-state index in [0.717, 1.165) is 0 Å². The van der Waals surface area contributed by atoms with Gasteiger partial charge in [0.05, 0.1) is 12.1 Å². The fourth-order valence-corrected chi connectivity index (χ4v) is 2.27. The summed E-state index contributed by atoms with van der Waals surface area (Å²) in [5.74, 6) is 1.19. The number of ether oxygens (including phenoxy) is 1. The third-order valence-electron chi connectivity index (χ3n) is 2.38. The van der Waals surface area contributed by atoms with Gasteiger partial charge in [-0.3, -0.25) is 0 Å². The fourth-order valence-electron chi connectivity index (χ4n) is 1.52. The lowest BCUT2D eigenvalue weighted by molar-refractivity contribution is 0.232. The lowest BCUT2D eigenvalue weighted by Crippen LogP contribution is -2.11. The summed E-state index contributed by atoms with van der Waals surface area (Å²) in [4.78, 5) is 8.52. The van der Waals surface area contributed by atoms with Gasteiger partial charge >= 0.3 is 0 Å². The second kappa shape index (κ2) is 5.82. The van der Waals surface area contributed by atoms with Gasteiger partial charge in [-0.2, -0.15) is 16.3 Å². The molecule has 0 aromatic carbocycles. The molecule has 0 aliphatic carbocycles. The lowest BCUT2D eigenvalue weighted by Gasteiger charge is -2.14. The summed E-state index contributed by atoms with van der Waals surface area (Å²) in [5, 5.41) is 7.44. The van der Waals surface area contributed by atoms with Gasteiger partial charge in [-0.1, -0.05) is 0 Å². The number of nitrogens with one attached hydrogen (secondary N) is 1. The van der Waals surface area contributed by atoms with Crippen LogP contribution in [0.2, 0.25) is 0 Å². The molecule has 0 aliphatic heterocycles. The van der Waals surface area contributed by atoms with E-state index < -0.39 is 0 Å². The molecule has 2 rings (SSSR count). The Balaban J connectivity index is 2.05. The van der Waals surface area contributed by atoms with Crippen LogP contribution < -0.4 is 10.1 Å². The van der Waals surface area contributed by atoms with Crippen molar-refractivity contribution in [2.24, 2.45) is 0 Å². The first-order valence-electron chi connectivity index (χ1n) is 5.93. The second-order valence-corrected chi connectivity index (χ2v) is 5.09. The summed E-state index contributed by atoms with van der Waals surface area (Å²) in [6.45, 7) is 6.04. The largest absolute Gasteiger partial charge is 0.475 e. The van der Waals surface area contributed by atoms with Crippen molar-refractivity contribution in [3.63, 3.8) is 0 Å². The SMILES string of the molecule is CC(C)Oc1ccnc(NC(C)c2ccsc2)n1. The first-order valence-corrected chi connectivity index (χ1v) is 6.88. The molecular weight excluding hydrogens is 246 g/mol. The van der Waals surface area contributed by atoms with Crippen LogP contribution in [0.5, 0.6) is 5.88 Å². The highest BCUT2D eigenvalue weighted by molar-refractivity contribution is 7.07. The predicted molar refractivity (Wildman–Crippen MR) is 74.2 cm³/mol. The monoisotopic (exact) mass is 263 g/mol. The molecule has 0 amide bonds. The van der Waals surface area contributed by atoms with Crippen molar-refractivity contribution in [3.05, 3.63) is 34.7 Å². The van der Waals surface area contributed by atoms with Crippen LogP contribution in [-0.2, 0) is 0 Å². The Morgan fingerprint density at radius 2 is 2.11 bits per heavy atom. The van der Waals surface area contributed by atoms with E-state index in [1.165, 1.54) is 5.56 Å². The summed E-state index contributed by atoms with van der Waals surface area (Å²) < 4.78 is 5.54. The normalized spacial score (nSPS) is 12.4. The average Bonchev–Trinajstić information content (AvgIpc) is 2.81. The van der Waals surface area contributed by atoms with Crippen LogP contribution in [0.25, 0.3) is 0 Å². The van der Waals surface area contributed by atoms with Crippen LogP contribution in [-0.4, -0.2) is 16.1 Å². The van der Waals surface area contributed by atoms with E-state index in [1.807, 2.05) is 13.8 Å². The summed E-state index contributed by atoms with van der Waals surface area (Å²) in [5.41, 5.74) is 1.23. The Kier molecular flexibility index (Phi) is 4.15. The molecule has 0 fully saturated rings. The summed E-state index contributed by atoms with van der Waals surface area (Å²) in [6.07, 6.45) is 1.81. The maximum Gasteiger partial charge on any atom is 0.226 e. The highest BCUT2D eigenvalue weighted by atomic mass is 32.1. The summed E-state index contributed by atoms with van der Waals surface area (Å²) >= 11 is 1.68. The van der Waals surface area contributed by atoms with Crippen molar-refractivity contribution in [1.29, 1.82) is 0 Å². The molecule has 1 N–H and O–H groups in total. The van der Waals surface area contributed by atoms with E-state index in [2.05, 4.69) is 39.0 Å². The maximum absolute atomic E-state index is 5.54. The van der Waals surface area contributed by atoms with E-state index >= 15 is 0 Å². The molecule has 0 aliphatic rings. The minimum absolute atomic E-state index is 0.113. The zero-order valence-corrected chi connectivity index (χ0v) is 11.6. The Bertz CT molecular complexity index is 485. The van der Waals surface area contributed by atoms with E-state index in [-0.39, 0.29) is 12.1 Å². The van der Waals surface area contributed by atoms with Crippen molar-refractivity contribution in [1.82, 2.24) is 9.97 Å². The standard InChI is InChI=1S/C13H17N3OS/c1-9(2)17-12-4-6-14-13(16-12)15-10(3)11-5-7-18-8-11/h4-10H,1-3H3,(H,14,15,16). The van der Waals surface area contributed by atoms with Crippen LogP contribution in [0.1, 0.15) is 32.4 Å². The van der Waals surface area contributed by atoms with Crippen LogP contribution in [0.3, 0.4) is 0 Å². The van der Waals surface area contributed by atoms with Crippen LogP contribution >= 0.6 is 11.3 Å². The minimum Gasteiger partial charge on any atom is -0.475 e. The van der Waals surface area contributed by atoms with Crippen molar-refractivity contribution in [2.45, 2.75) is 32.9 Å². The van der Waals surface area contributed by atoms with E-state index in [0.29, 0.717) is 11.8 Å². The molecule has 0 saturated carbocycles. The van der Waals surface area contributed by atoms with Crippen LogP contribution in [0.15, 0.2) is 29.1 Å². The third kappa shape index (κ3) is 3.43. The average molecular weight is 263 g/mol. The van der Waals surface area contributed by atoms with Gasteiger partial charge in [-0.15, -0.1) is 0 Å². The van der Waals surface area contributed by atoms with Gasteiger partial charge in [0.15, 0.2) is 0 Å². The Morgan fingerprint density at radius 1 is 1.28 bits per heavy atom. The highest BCUT2D eigenvalue weighted by Gasteiger charge is 2.08. The lowest BCUT2D eigenvalue weighted by atomic mass is 10.2. The topological polar surface area (TPSA) is 47.0 Å². The number of thiophene rings is 1. The maximum atomic E-state index is 5.54. The van der Waals surface area contributed by atoms with Gasteiger partial charge in [0.25, 0.3) is 0 Å². The van der Waals surface area contributed by atoms with E-state index in [1.54, 1.807) is 23.6 Å². The van der Waals surface area contributed by atoms with Crippen molar-refractivity contribution in [2.75, 3.05) is 5.32 Å². The van der Waals surface area contributed by atoms with Gasteiger partial charge in [-0.05, 0) is 43.2 Å². The molecule has 2 heterocycles. The highest BCUT2D eigenvalue weighted by Crippen LogP contribution is 2.20. The van der Waals surface area contributed by atoms with Gasteiger partial charge < -0.3 is 10.1 Å². The Labute approximate surface area is 111 Å². The van der Waals surface area contributed by atoms with Crippen molar-refractivity contribution < 1.29 is 4.74 Å². The molecule has 96 valence electrons. The second-order valence-electron chi connectivity index (χ2n) is 4.31. The van der Waals surface area contributed by atoms with Crippen molar-refractivity contribution in [3.8, 4) is 5.88 Å². The van der Waals surface area contributed by atoms with Crippen molar-refractivity contribution >= 4 is 17.3 Å². The zero-order chi connectivity index (χ0) is 13.0. The van der Waals surface area contributed by atoms with Crippen LogP contribution in [0.4, 0.5) is 5.95 Å². The Hall–Kier alpha value is -1.62. The number of anilines is 1. The van der Waals surface area contributed by atoms with Crippen LogP contribution in [0, 0.1) is 0 Å². The molecular formula is C13H17N3OS.